The van der Waals surface area contributed by atoms with Gasteiger partial charge in [-0.3, -0.25) is 0 Å². The molecule has 2 N–H and O–H groups in total. The average Bonchev–Trinajstić information content (AvgIpc) is 2.31. The number of halogens is 2. The summed E-state index contributed by atoms with van der Waals surface area (Å²) in [6.45, 7) is 4.22. The van der Waals surface area contributed by atoms with Crippen molar-refractivity contribution in [2.75, 3.05) is 0 Å². The van der Waals surface area contributed by atoms with E-state index in [-0.39, 0.29) is 6.04 Å². The van der Waals surface area contributed by atoms with Crippen LogP contribution in [0.25, 0.3) is 0 Å². The molecular weight excluding hydrogens is 401 g/mol. The molecule has 1 unspecified atom stereocenters. The Kier molecular flexibility index (Phi) is 4.45. The van der Waals surface area contributed by atoms with Crippen LogP contribution in [0.5, 0.6) is 0 Å². The van der Waals surface area contributed by atoms with Gasteiger partial charge in [0.15, 0.2) is 0 Å². The first-order chi connectivity index (χ1) is 8.49. The van der Waals surface area contributed by atoms with Crippen LogP contribution in [0.4, 0.5) is 0 Å². The monoisotopic (exact) mass is 415 g/mol. The van der Waals surface area contributed by atoms with Gasteiger partial charge in [0, 0.05) is 8.04 Å². The van der Waals surface area contributed by atoms with E-state index in [1.165, 1.54) is 20.3 Å². The van der Waals surface area contributed by atoms with Crippen molar-refractivity contribution in [3.8, 4) is 0 Å². The number of aryl methyl sites for hydroxylation is 2. The fourth-order valence-corrected chi connectivity index (χ4v) is 3.14. The molecule has 18 heavy (non-hydrogen) atoms. The van der Waals surface area contributed by atoms with E-state index in [9.17, 15) is 0 Å². The van der Waals surface area contributed by atoms with Crippen LogP contribution in [-0.2, 0) is 0 Å². The minimum absolute atomic E-state index is 0.0741. The summed E-state index contributed by atoms with van der Waals surface area (Å²) in [6.07, 6.45) is 0. The lowest BCUT2D eigenvalue weighted by Crippen LogP contribution is -2.14. The minimum Gasteiger partial charge on any atom is -0.320 e. The largest absolute Gasteiger partial charge is 0.320 e. The molecule has 0 radical (unpaired) electrons. The molecule has 2 rings (SSSR count). The van der Waals surface area contributed by atoms with Crippen LogP contribution in [0, 0.1) is 17.4 Å². The Morgan fingerprint density at radius 3 is 2.44 bits per heavy atom. The fourth-order valence-electron chi connectivity index (χ4n) is 2.10. The highest BCUT2D eigenvalue weighted by atomic mass is 127. The maximum absolute atomic E-state index is 6.41. The predicted octanol–water partition coefficient (Wildman–Crippen LogP) is 4.72. The third kappa shape index (κ3) is 2.95. The van der Waals surface area contributed by atoms with Crippen LogP contribution in [0.15, 0.2) is 40.9 Å². The lowest BCUT2D eigenvalue weighted by molar-refractivity contribution is 0.854. The summed E-state index contributed by atoms with van der Waals surface area (Å²) in [5.74, 6) is 0. The number of hydrogen-bond acceptors (Lipinski definition) is 1. The summed E-state index contributed by atoms with van der Waals surface area (Å²) in [5.41, 5.74) is 11.3. The zero-order valence-corrected chi connectivity index (χ0v) is 14.1. The summed E-state index contributed by atoms with van der Waals surface area (Å²) in [6, 6.07) is 12.6. The van der Waals surface area contributed by atoms with E-state index in [1.807, 2.05) is 6.07 Å². The van der Waals surface area contributed by atoms with Crippen molar-refractivity contribution < 1.29 is 0 Å². The van der Waals surface area contributed by atoms with E-state index in [1.54, 1.807) is 0 Å². The van der Waals surface area contributed by atoms with Gasteiger partial charge in [0.25, 0.3) is 0 Å². The molecule has 0 fully saturated rings. The zero-order valence-electron chi connectivity index (χ0n) is 10.4. The molecule has 0 aromatic heterocycles. The molecule has 0 aliphatic carbocycles. The smallest absolute Gasteiger partial charge is 0.0565 e. The molecule has 0 aliphatic heterocycles. The van der Waals surface area contributed by atoms with Crippen molar-refractivity contribution in [1.29, 1.82) is 0 Å². The summed E-state index contributed by atoms with van der Waals surface area (Å²) < 4.78 is 2.27. The molecule has 0 saturated carbocycles. The first kappa shape index (κ1) is 14.0. The van der Waals surface area contributed by atoms with Crippen molar-refractivity contribution in [2.24, 2.45) is 5.73 Å². The Labute approximate surface area is 130 Å². The van der Waals surface area contributed by atoms with E-state index >= 15 is 0 Å². The quantitative estimate of drug-likeness (QED) is 0.705. The molecule has 3 heteroatoms. The second-order valence-electron chi connectivity index (χ2n) is 4.50. The number of nitrogens with two attached hydrogens (primary N) is 1. The van der Waals surface area contributed by atoms with Gasteiger partial charge in [-0.05, 0) is 71.3 Å². The third-order valence-electron chi connectivity index (χ3n) is 3.05. The Balaban J connectivity index is 2.47. The van der Waals surface area contributed by atoms with Gasteiger partial charge in [-0.1, -0.05) is 39.7 Å². The van der Waals surface area contributed by atoms with Gasteiger partial charge in [-0.25, -0.2) is 0 Å². The molecule has 2 aromatic carbocycles. The Morgan fingerprint density at radius 1 is 1.06 bits per heavy atom. The predicted molar refractivity (Wildman–Crippen MR) is 88.8 cm³/mol. The molecule has 0 saturated heterocycles. The molecule has 0 aliphatic rings. The summed E-state index contributed by atoms with van der Waals surface area (Å²) in [4.78, 5) is 0. The summed E-state index contributed by atoms with van der Waals surface area (Å²) >= 11 is 5.85. The summed E-state index contributed by atoms with van der Waals surface area (Å²) in [5, 5.41) is 0. The van der Waals surface area contributed by atoms with E-state index in [0.29, 0.717) is 0 Å². The van der Waals surface area contributed by atoms with E-state index in [2.05, 4.69) is 82.7 Å². The van der Waals surface area contributed by atoms with Crippen molar-refractivity contribution >= 4 is 38.5 Å². The van der Waals surface area contributed by atoms with Crippen LogP contribution >= 0.6 is 38.5 Å². The van der Waals surface area contributed by atoms with Crippen LogP contribution in [0.1, 0.15) is 28.3 Å². The number of rotatable bonds is 2. The molecule has 0 spiro atoms. The van der Waals surface area contributed by atoms with Gasteiger partial charge < -0.3 is 5.73 Å². The van der Waals surface area contributed by atoms with E-state index in [4.69, 9.17) is 5.73 Å². The fraction of sp³-hybridized carbons (Fsp3) is 0.200. The van der Waals surface area contributed by atoms with Gasteiger partial charge in [-0.2, -0.15) is 0 Å². The number of hydrogen-bond donors (Lipinski definition) is 1. The maximum Gasteiger partial charge on any atom is 0.0565 e. The maximum atomic E-state index is 6.41. The van der Waals surface area contributed by atoms with Gasteiger partial charge in [0.1, 0.15) is 0 Å². The van der Waals surface area contributed by atoms with Gasteiger partial charge in [0.05, 0.1) is 6.04 Å². The first-order valence-corrected chi connectivity index (χ1v) is 7.64. The zero-order chi connectivity index (χ0) is 13.3. The molecule has 0 bridgehead atoms. The Hall–Kier alpha value is -0.390. The highest BCUT2D eigenvalue weighted by Gasteiger charge is 2.14. The Morgan fingerprint density at radius 2 is 1.78 bits per heavy atom. The number of benzene rings is 2. The average molecular weight is 416 g/mol. The van der Waals surface area contributed by atoms with Crippen molar-refractivity contribution in [2.45, 2.75) is 19.9 Å². The molecule has 0 heterocycles. The van der Waals surface area contributed by atoms with E-state index in [0.717, 1.165) is 10.0 Å². The summed E-state index contributed by atoms with van der Waals surface area (Å²) in [7, 11) is 0. The molecule has 2 aromatic rings. The SMILES string of the molecule is Cc1ccc(C(N)c2cc(Br)ccc2I)c(C)c1. The van der Waals surface area contributed by atoms with Crippen LogP contribution in [-0.4, -0.2) is 0 Å². The highest BCUT2D eigenvalue weighted by Crippen LogP contribution is 2.29. The Bertz CT molecular complexity index is 581. The molecular formula is C15H15BrIN. The van der Waals surface area contributed by atoms with E-state index < -0.39 is 0 Å². The van der Waals surface area contributed by atoms with Crippen LogP contribution in [0.2, 0.25) is 0 Å². The normalized spacial score (nSPS) is 12.5. The molecule has 1 nitrogen and oxygen atoms in total. The van der Waals surface area contributed by atoms with Crippen molar-refractivity contribution in [3.63, 3.8) is 0 Å². The first-order valence-electron chi connectivity index (χ1n) is 5.76. The third-order valence-corrected chi connectivity index (χ3v) is 4.53. The molecule has 0 amide bonds. The lowest BCUT2D eigenvalue weighted by Gasteiger charge is -2.17. The molecule has 1 atom stereocenters. The lowest BCUT2D eigenvalue weighted by atomic mass is 9.95. The van der Waals surface area contributed by atoms with Crippen molar-refractivity contribution in [1.82, 2.24) is 0 Å². The second-order valence-corrected chi connectivity index (χ2v) is 6.58. The molecule has 94 valence electrons. The standard InChI is InChI=1S/C15H15BrIN/c1-9-3-5-12(10(2)7-9)15(18)13-8-11(16)4-6-14(13)17/h3-8,15H,18H2,1-2H3. The highest BCUT2D eigenvalue weighted by molar-refractivity contribution is 14.1. The van der Waals surface area contributed by atoms with Gasteiger partial charge >= 0.3 is 0 Å². The van der Waals surface area contributed by atoms with Gasteiger partial charge in [-0.15, -0.1) is 0 Å². The van der Waals surface area contributed by atoms with Gasteiger partial charge in [0.2, 0.25) is 0 Å². The minimum atomic E-state index is -0.0741. The van der Waals surface area contributed by atoms with Crippen LogP contribution < -0.4 is 5.73 Å². The van der Waals surface area contributed by atoms with Crippen LogP contribution in [0.3, 0.4) is 0 Å². The topological polar surface area (TPSA) is 26.0 Å². The van der Waals surface area contributed by atoms with Crippen molar-refractivity contribution in [3.05, 3.63) is 66.7 Å². The second kappa shape index (κ2) is 5.72.